The zero-order valence-corrected chi connectivity index (χ0v) is 18.9. The van der Waals surface area contributed by atoms with E-state index in [4.69, 9.17) is 19.5 Å². The van der Waals surface area contributed by atoms with E-state index in [9.17, 15) is 19.4 Å². The maximum atomic E-state index is 12.4. The number of thioether (sulfide) groups is 1. The summed E-state index contributed by atoms with van der Waals surface area (Å²) in [6.45, 7) is -0.290. The number of imidazole rings is 1. The number of aromatic nitrogens is 4. The Morgan fingerprint density at radius 3 is 2.94 bits per heavy atom. The minimum atomic E-state index is -4.53. The summed E-state index contributed by atoms with van der Waals surface area (Å²) in [6, 6.07) is 10.0. The summed E-state index contributed by atoms with van der Waals surface area (Å²) >= 11 is 1.37. The molecule has 5 atom stereocenters. The highest BCUT2D eigenvalue weighted by Gasteiger charge is 2.51. The first-order chi connectivity index (χ1) is 15.8. The number of nitrogens with zero attached hydrogens (tertiary/aromatic N) is 3. The third-order valence-corrected chi connectivity index (χ3v) is 7.44. The van der Waals surface area contributed by atoms with Crippen LogP contribution >= 0.6 is 19.6 Å². The van der Waals surface area contributed by atoms with Crippen molar-refractivity contribution in [3.8, 4) is 0 Å². The summed E-state index contributed by atoms with van der Waals surface area (Å²) in [5.41, 5.74) is 6.56. The summed E-state index contributed by atoms with van der Waals surface area (Å²) in [5.74, 6) is 0.541. The van der Waals surface area contributed by atoms with Gasteiger partial charge in [-0.2, -0.15) is 4.98 Å². The molecule has 4 heterocycles. The van der Waals surface area contributed by atoms with E-state index in [0.29, 0.717) is 10.9 Å². The lowest BCUT2D eigenvalue weighted by atomic mass is 10.1. The van der Waals surface area contributed by atoms with Gasteiger partial charge in [-0.25, -0.2) is 4.98 Å². The first-order valence-electron chi connectivity index (χ1n) is 10.2. The number of ether oxygens (including phenoxy) is 1. The number of phosphoric ester groups is 1. The van der Waals surface area contributed by atoms with Crippen LogP contribution in [0.25, 0.3) is 11.2 Å². The molecular weight excluding hydrogens is 473 g/mol. The standard InChI is InChI=1S/C19H22N5O7PS/c20-18-22-15-12(16(26)23-18)21-19(33-8-4-7-10-5-2-1-3-6-10)24(15)17-13(25)14-11(30-17)9-29-32(27,28)31-14/h1-3,5-6,11,13-14,17,25H,4,7-9H2,(H,27,28)(H3,20,22,23,26)/t11?,13?,14-,17-/m1/s1. The van der Waals surface area contributed by atoms with E-state index in [1.807, 2.05) is 30.3 Å². The number of hydrogen-bond donors (Lipinski definition) is 3. The molecule has 2 aliphatic heterocycles. The Morgan fingerprint density at radius 2 is 2.15 bits per heavy atom. The summed E-state index contributed by atoms with van der Waals surface area (Å²) in [7, 11) is -4.53. The molecule has 0 aliphatic carbocycles. The van der Waals surface area contributed by atoms with E-state index in [1.165, 1.54) is 21.9 Å². The third-order valence-electron chi connectivity index (χ3n) is 5.43. The molecule has 0 saturated carbocycles. The molecule has 0 amide bonds. The lowest BCUT2D eigenvalue weighted by Crippen LogP contribution is -2.41. The van der Waals surface area contributed by atoms with Crippen molar-refractivity contribution in [2.75, 3.05) is 18.1 Å². The average Bonchev–Trinajstić information content (AvgIpc) is 3.28. The van der Waals surface area contributed by atoms with Crippen molar-refractivity contribution in [1.82, 2.24) is 19.5 Å². The summed E-state index contributed by atoms with van der Waals surface area (Å²) in [5, 5.41) is 11.2. The number of aromatic amines is 1. The molecule has 2 fully saturated rings. The molecule has 2 saturated heterocycles. The smallest absolute Gasteiger partial charge is 0.756 e. The second-order valence-electron chi connectivity index (χ2n) is 7.69. The fourth-order valence-electron chi connectivity index (χ4n) is 3.94. The molecule has 0 spiro atoms. The highest BCUT2D eigenvalue weighted by molar-refractivity contribution is 7.99. The molecule has 0 radical (unpaired) electrons. The molecule has 3 unspecified atom stereocenters. The van der Waals surface area contributed by atoms with Crippen molar-refractivity contribution in [3.05, 3.63) is 46.2 Å². The van der Waals surface area contributed by atoms with Gasteiger partial charge in [-0.1, -0.05) is 42.1 Å². The third kappa shape index (κ3) is 4.45. The summed E-state index contributed by atoms with van der Waals surface area (Å²) in [6.07, 6.45) is -2.76. The van der Waals surface area contributed by atoms with Gasteiger partial charge in [0.25, 0.3) is 13.4 Å². The van der Waals surface area contributed by atoms with Gasteiger partial charge >= 0.3 is 1.43 Å². The highest BCUT2D eigenvalue weighted by Crippen LogP contribution is 2.50. The van der Waals surface area contributed by atoms with Crippen molar-refractivity contribution in [1.29, 1.82) is 0 Å². The minimum absolute atomic E-state index is 0. The second-order valence-corrected chi connectivity index (χ2v) is 10.1. The van der Waals surface area contributed by atoms with Crippen LogP contribution in [-0.2, 0) is 24.8 Å². The van der Waals surface area contributed by atoms with Crippen molar-refractivity contribution in [3.63, 3.8) is 0 Å². The van der Waals surface area contributed by atoms with Gasteiger partial charge in [0.2, 0.25) is 5.95 Å². The number of rotatable bonds is 6. The number of benzene rings is 1. The van der Waals surface area contributed by atoms with Crippen LogP contribution < -0.4 is 16.2 Å². The molecule has 4 N–H and O–H groups in total. The van der Waals surface area contributed by atoms with Crippen molar-refractivity contribution >= 4 is 36.7 Å². The van der Waals surface area contributed by atoms with Gasteiger partial charge in [0.05, 0.1) is 6.61 Å². The van der Waals surface area contributed by atoms with Crippen LogP contribution in [0.5, 0.6) is 0 Å². The Morgan fingerprint density at radius 1 is 1.36 bits per heavy atom. The maximum absolute atomic E-state index is 12.4. The van der Waals surface area contributed by atoms with Gasteiger partial charge in [-0.3, -0.25) is 18.9 Å². The molecule has 0 bridgehead atoms. The molecular formula is C19H22N5O7PS. The van der Waals surface area contributed by atoms with E-state index in [2.05, 4.69) is 15.0 Å². The lowest BCUT2D eigenvalue weighted by molar-refractivity contribution is -0.245. The number of nitrogens with one attached hydrogen (secondary N) is 1. The van der Waals surface area contributed by atoms with Gasteiger partial charge in [-0.15, -0.1) is 0 Å². The first kappa shape index (κ1) is 22.5. The van der Waals surface area contributed by atoms with Crippen molar-refractivity contribution in [2.24, 2.45) is 0 Å². The molecule has 3 aromatic rings. The van der Waals surface area contributed by atoms with Crippen molar-refractivity contribution in [2.45, 2.75) is 42.5 Å². The highest BCUT2D eigenvalue weighted by atomic mass is 32.2. The predicted octanol–water partition coefficient (Wildman–Crippen LogP) is 0.681. The zero-order chi connectivity index (χ0) is 23.2. The van der Waals surface area contributed by atoms with Gasteiger partial charge in [-0.05, 0) is 18.4 Å². The Hall–Kier alpha value is -2.25. The van der Waals surface area contributed by atoms with Gasteiger partial charge < -0.3 is 29.5 Å². The van der Waals surface area contributed by atoms with Crippen LogP contribution in [0.15, 0.2) is 40.3 Å². The van der Waals surface area contributed by atoms with Crippen molar-refractivity contribution < 1.29 is 29.8 Å². The predicted molar refractivity (Wildman–Crippen MR) is 118 cm³/mol. The second kappa shape index (κ2) is 8.84. The largest absolute Gasteiger partial charge is 1.00 e. The van der Waals surface area contributed by atoms with Gasteiger partial charge in [0.1, 0.15) is 18.3 Å². The lowest BCUT2D eigenvalue weighted by Gasteiger charge is -2.34. The Labute approximate surface area is 193 Å². The molecule has 14 heteroatoms. The topological polar surface area (TPSA) is 178 Å². The van der Waals surface area contributed by atoms with Gasteiger partial charge in [0.15, 0.2) is 22.5 Å². The molecule has 2 aromatic heterocycles. The summed E-state index contributed by atoms with van der Waals surface area (Å²) in [4.78, 5) is 35.1. The maximum Gasteiger partial charge on any atom is 1.00 e. The molecule has 176 valence electrons. The average molecular weight is 495 g/mol. The molecule has 33 heavy (non-hydrogen) atoms. The fourth-order valence-corrected chi connectivity index (χ4v) is 5.84. The number of hydrogen-bond acceptors (Lipinski definition) is 11. The Bertz CT molecular complexity index is 1280. The zero-order valence-electron chi connectivity index (χ0n) is 18.2. The van der Waals surface area contributed by atoms with Crippen LogP contribution in [0, 0.1) is 0 Å². The van der Waals surface area contributed by atoms with Crippen LogP contribution in [-0.4, -0.2) is 55.3 Å². The Kier molecular flexibility index (Phi) is 6.04. The quantitative estimate of drug-likeness (QED) is 0.249. The van der Waals surface area contributed by atoms with Crippen LogP contribution in [0.1, 0.15) is 19.6 Å². The normalized spacial score (nSPS) is 29.4. The van der Waals surface area contributed by atoms with E-state index in [-0.39, 0.29) is 25.1 Å². The summed E-state index contributed by atoms with van der Waals surface area (Å²) < 4.78 is 28.7. The first-order valence-corrected chi connectivity index (χ1v) is 12.7. The molecule has 5 rings (SSSR count). The number of anilines is 1. The number of aryl methyl sites for hydroxylation is 1. The number of H-pyrrole nitrogens is 1. The van der Waals surface area contributed by atoms with Crippen LogP contribution in [0.4, 0.5) is 5.95 Å². The van der Waals surface area contributed by atoms with E-state index >= 15 is 0 Å². The monoisotopic (exact) mass is 495 g/mol. The van der Waals surface area contributed by atoms with Gasteiger partial charge in [0, 0.05) is 5.75 Å². The number of aliphatic hydroxyl groups is 1. The van der Waals surface area contributed by atoms with Crippen LogP contribution in [0.2, 0.25) is 0 Å². The SMILES string of the molecule is Nc1nc2c(nc(SCCCc3ccccc3)n2[C@@H]2OC3COP(=O)([O-])O[C@H]3C2O)c(=O)[nH]1.[H+]. The Balaban J connectivity index is 0.00000274. The van der Waals surface area contributed by atoms with E-state index < -0.39 is 37.9 Å². The number of aliphatic hydroxyl groups excluding tert-OH is 1. The van der Waals surface area contributed by atoms with E-state index in [0.717, 1.165) is 12.8 Å². The number of nitrogen functional groups attached to an aromatic ring is 1. The fraction of sp³-hybridized carbons (Fsp3) is 0.421. The molecule has 2 aliphatic rings. The number of nitrogens with two attached hydrogens (primary N) is 1. The minimum Gasteiger partial charge on any atom is -0.756 e. The van der Waals surface area contributed by atoms with Crippen LogP contribution in [0.3, 0.4) is 0 Å². The molecule has 1 aromatic carbocycles. The number of phosphoric acid groups is 1. The molecule has 12 nitrogen and oxygen atoms in total. The number of fused-ring (bicyclic) bond motifs is 2. The van der Waals surface area contributed by atoms with E-state index in [1.54, 1.807) is 0 Å².